The predicted octanol–water partition coefficient (Wildman–Crippen LogP) is -5.31. The summed E-state index contributed by atoms with van der Waals surface area (Å²) in [6, 6.07) is 9.41. The Balaban J connectivity index is -0.000000247. The van der Waals surface area contributed by atoms with Crippen LogP contribution in [0.15, 0.2) is 30.3 Å². The molecule has 1 rings (SSSR count). The van der Waals surface area contributed by atoms with Crippen LogP contribution in [0.5, 0.6) is 5.75 Å². The van der Waals surface area contributed by atoms with Gasteiger partial charge < -0.3 is 14.0 Å². The third-order valence-corrected chi connectivity index (χ3v) is 1.02. The van der Waals surface area contributed by atoms with Crippen molar-refractivity contribution in [2.45, 2.75) is 6.92 Å². The molecule has 0 fully saturated rings. The fraction of sp³-hybridized carbons (Fsp3) is 0.250. The minimum Gasteiger partial charge on any atom is -0.759 e. The Morgan fingerprint density at radius 3 is 1.88 bits per heavy atom. The Kier molecular flexibility index (Phi) is 20.7. The monoisotopic (exact) mass is 312 g/mol. The molecule has 0 spiro atoms. The van der Waals surface area contributed by atoms with E-state index in [9.17, 15) is 0 Å². The van der Waals surface area contributed by atoms with E-state index < -0.39 is 10.4 Å². The second-order valence-electron chi connectivity index (χ2n) is 2.21. The van der Waals surface area contributed by atoms with Gasteiger partial charge in [0.2, 0.25) is 0 Å². The van der Waals surface area contributed by atoms with Crippen LogP contribution < -0.4 is 108 Å². The van der Waals surface area contributed by atoms with Crippen molar-refractivity contribution in [3.63, 3.8) is 0 Å². The third-order valence-electron chi connectivity index (χ3n) is 1.02. The molecule has 0 aliphatic rings. The quantitative estimate of drug-likeness (QED) is 0.182. The predicted molar refractivity (Wildman–Crippen MR) is 49.2 cm³/mol. The van der Waals surface area contributed by atoms with Gasteiger partial charge in [-0.2, -0.15) is 4.89 Å². The summed E-state index contributed by atoms with van der Waals surface area (Å²) in [5, 5.41) is 0. The summed E-state index contributed by atoms with van der Waals surface area (Å²) in [6.07, 6.45) is 0. The molecular weight excluding hydrogens is 302 g/mol. The first-order valence-electron chi connectivity index (χ1n) is 3.94. The van der Waals surface area contributed by atoms with E-state index in [4.69, 9.17) is 27.3 Å². The molecule has 6 nitrogen and oxygen atoms in total. The van der Waals surface area contributed by atoms with E-state index in [1.165, 1.54) is 0 Å². The van der Waals surface area contributed by atoms with Crippen molar-refractivity contribution in [2.24, 2.45) is 0 Å². The Morgan fingerprint density at radius 2 is 1.53 bits per heavy atom. The van der Waals surface area contributed by atoms with Crippen molar-refractivity contribution < 1.29 is 130 Å². The van der Waals surface area contributed by atoms with Crippen molar-refractivity contribution in [1.82, 2.24) is 0 Å². The van der Waals surface area contributed by atoms with E-state index in [0.717, 1.165) is 5.75 Å². The van der Waals surface area contributed by atoms with Crippen molar-refractivity contribution in [1.29, 1.82) is 0 Å². The van der Waals surface area contributed by atoms with E-state index in [1.54, 1.807) is 0 Å². The minimum absolute atomic E-state index is 0. The molecule has 17 heavy (non-hydrogen) atoms. The van der Waals surface area contributed by atoms with Gasteiger partial charge in [0.25, 0.3) is 0 Å². The van der Waals surface area contributed by atoms with E-state index in [2.05, 4.69) is 0 Å². The van der Waals surface area contributed by atoms with Gasteiger partial charge in [-0.15, -0.1) is 0 Å². The molecule has 0 bridgehead atoms. The Hall–Kier alpha value is 2.12. The molecule has 0 aromatic heterocycles. The molecule has 0 heterocycles. The number of para-hydroxylation sites is 1. The van der Waals surface area contributed by atoms with Gasteiger partial charge in [0.15, 0.2) is 5.75 Å². The molecule has 1 aromatic rings. The van der Waals surface area contributed by atoms with E-state index in [0.29, 0.717) is 6.61 Å². The number of hydrogen-bond donors (Lipinski definition) is 0. The van der Waals surface area contributed by atoms with Crippen LogP contribution in [-0.4, -0.2) is 24.1 Å². The van der Waals surface area contributed by atoms with Crippen LogP contribution >= 0.6 is 0 Å². The molecule has 0 unspecified atom stereocenters. The molecule has 0 saturated carbocycles. The third kappa shape index (κ3) is 23.6. The van der Waals surface area contributed by atoms with Crippen LogP contribution in [0, 0.1) is 0 Å². The molecule has 86 valence electrons. The van der Waals surface area contributed by atoms with Gasteiger partial charge >= 0.3 is 103 Å². The van der Waals surface area contributed by atoms with Gasteiger partial charge in [0, 0.05) is 10.4 Å². The van der Waals surface area contributed by atoms with Crippen molar-refractivity contribution >= 4 is 10.4 Å². The van der Waals surface area contributed by atoms with Crippen LogP contribution in [0.4, 0.5) is 0 Å². The molecule has 0 amide bonds. The molecule has 1 aromatic carbocycles. The standard InChI is InChI=1S/C8H10O2.2K.H2O4S/c1-2-9-10-8-6-4-3-5-7-8;;;1-5(2,3)4/h3-7H,2H2,1H3;;;(H2,1,2,3,4)/q;2*+1;/p-2. The summed E-state index contributed by atoms with van der Waals surface area (Å²) in [5.41, 5.74) is 0. The molecule has 0 aliphatic carbocycles. The van der Waals surface area contributed by atoms with E-state index in [-0.39, 0.29) is 103 Å². The van der Waals surface area contributed by atoms with Gasteiger partial charge in [-0.25, -0.2) is 0 Å². The van der Waals surface area contributed by atoms with Gasteiger partial charge in [0.1, 0.15) is 0 Å². The van der Waals surface area contributed by atoms with Crippen LogP contribution in [-0.2, 0) is 15.3 Å². The first-order valence-corrected chi connectivity index (χ1v) is 5.28. The van der Waals surface area contributed by atoms with Crippen molar-refractivity contribution in [3.05, 3.63) is 30.3 Å². The average molecular weight is 312 g/mol. The maximum atomic E-state index is 8.52. The van der Waals surface area contributed by atoms with E-state index in [1.807, 2.05) is 37.3 Å². The fourth-order valence-electron chi connectivity index (χ4n) is 0.603. The molecule has 0 N–H and O–H groups in total. The van der Waals surface area contributed by atoms with Crippen LogP contribution in [0.2, 0.25) is 0 Å². The second-order valence-corrected chi connectivity index (χ2v) is 3.03. The Bertz CT molecular complexity index is 348. The topological polar surface area (TPSA) is 98.7 Å². The molecule has 9 heteroatoms. The maximum absolute atomic E-state index is 8.52. The summed E-state index contributed by atoms with van der Waals surface area (Å²) in [6.45, 7) is 2.44. The molecule has 0 saturated heterocycles. The summed E-state index contributed by atoms with van der Waals surface area (Å²) in [7, 11) is -5.17. The zero-order chi connectivity index (χ0) is 11.7. The zero-order valence-electron chi connectivity index (χ0n) is 9.95. The van der Waals surface area contributed by atoms with Gasteiger partial charge in [-0.3, -0.25) is 8.42 Å². The van der Waals surface area contributed by atoms with Crippen LogP contribution in [0.25, 0.3) is 0 Å². The molecule has 0 radical (unpaired) electrons. The largest absolute Gasteiger partial charge is 1.00 e. The van der Waals surface area contributed by atoms with Crippen LogP contribution in [0.3, 0.4) is 0 Å². The Labute approximate surface area is 186 Å². The van der Waals surface area contributed by atoms with Crippen molar-refractivity contribution in [2.75, 3.05) is 6.61 Å². The number of rotatable bonds is 3. The zero-order valence-corrected chi connectivity index (χ0v) is 17.0. The summed E-state index contributed by atoms with van der Waals surface area (Å²) >= 11 is 0. The normalized spacial score (nSPS) is 8.88. The molecular formula is C8H10K2O6S. The molecule has 0 atom stereocenters. The molecule has 0 aliphatic heterocycles. The van der Waals surface area contributed by atoms with E-state index >= 15 is 0 Å². The second kappa shape index (κ2) is 14.5. The van der Waals surface area contributed by atoms with Crippen molar-refractivity contribution in [3.8, 4) is 5.75 Å². The SMILES string of the molecule is CCOOc1ccccc1.O=S(=O)([O-])[O-].[K+].[K+]. The number of benzene rings is 1. The summed E-state index contributed by atoms with van der Waals surface area (Å²) in [5.74, 6) is 0.740. The van der Waals surface area contributed by atoms with Crippen LogP contribution in [0.1, 0.15) is 6.92 Å². The summed E-state index contributed by atoms with van der Waals surface area (Å²) in [4.78, 5) is 9.57. The van der Waals surface area contributed by atoms with Gasteiger partial charge in [-0.05, 0) is 19.1 Å². The summed E-state index contributed by atoms with van der Waals surface area (Å²) < 4.78 is 34.1. The maximum Gasteiger partial charge on any atom is 1.00 e. The van der Waals surface area contributed by atoms with Gasteiger partial charge in [0.05, 0.1) is 6.61 Å². The fourth-order valence-corrected chi connectivity index (χ4v) is 0.603. The first kappa shape index (κ1) is 24.2. The Morgan fingerprint density at radius 1 is 1.12 bits per heavy atom. The smallest absolute Gasteiger partial charge is 0.759 e. The minimum atomic E-state index is -5.17. The first-order chi connectivity index (χ1) is 6.93. The average Bonchev–Trinajstić information content (AvgIpc) is 2.14. The number of hydrogen-bond acceptors (Lipinski definition) is 6. The van der Waals surface area contributed by atoms with Gasteiger partial charge in [-0.1, -0.05) is 18.2 Å².